The number of carboxylic acid groups (broad SMARTS) is 1. The molecule has 0 amide bonds. The first-order chi connectivity index (χ1) is 10.2. The molecule has 7 nitrogen and oxygen atoms in total. The van der Waals surface area contributed by atoms with Gasteiger partial charge in [-0.3, -0.25) is 0 Å². The SMILES string of the molecule is O=C(O)c1ccc2c(NCCCOCCO)ncnc2c1. The van der Waals surface area contributed by atoms with Gasteiger partial charge in [0.1, 0.15) is 12.1 Å². The van der Waals surface area contributed by atoms with E-state index < -0.39 is 5.97 Å². The fraction of sp³-hybridized carbons (Fsp3) is 0.357. The summed E-state index contributed by atoms with van der Waals surface area (Å²) < 4.78 is 5.16. The lowest BCUT2D eigenvalue weighted by molar-refractivity contribution is 0.0697. The fourth-order valence-corrected chi connectivity index (χ4v) is 1.88. The van der Waals surface area contributed by atoms with Crippen molar-refractivity contribution in [3.05, 3.63) is 30.1 Å². The minimum absolute atomic E-state index is 0.0237. The number of ether oxygens (including phenoxy) is 1. The number of hydrogen-bond donors (Lipinski definition) is 3. The van der Waals surface area contributed by atoms with Crippen LogP contribution in [0.1, 0.15) is 16.8 Å². The highest BCUT2D eigenvalue weighted by Crippen LogP contribution is 2.20. The fourth-order valence-electron chi connectivity index (χ4n) is 1.88. The zero-order valence-corrected chi connectivity index (χ0v) is 11.5. The van der Waals surface area contributed by atoms with Crippen LogP contribution in [0.2, 0.25) is 0 Å². The van der Waals surface area contributed by atoms with E-state index >= 15 is 0 Å². The lowest BCUT2D eigenvalue weighted by Gasteiger charge is -2.08. The van der Waals surface area contributed by atoms with Crippen LogP contribution in [0.4, 0.5) is 5.82 Å². The molecule has 0 saturated carbocycles. The van der Waals surface area contributed by atoms with Crippen molar-refractivity contribution in [3.8, 4) is 0 Å². The third-order valence-corrected chi connectivity index (χ3v) is 2.88. The molecular weight excluding hydrogens is 274 g/mol. The summed E-state index contributed by atoms with van der Waals surface area (Å²) in [6, 6.07) is 4.75. The Morgan fingerprint density at radius 2 is 2.14 bits per heavy atom. The number of rotatable bonds is 8. The number of carboxylic acids is 1. The smallest absolute Gasteiger partial charge is 0.335 e. The number of aromatic nitrogens is 2. The predicted octanol–water partition coefficient (Wildman–Crippen LogP) is 1.14. The molecule has 0 unspecified atom stereocenters. The third-order valence-electron chi connectivity index (χ3n) is 2.88. The average Bonchev–Trinajstić information content (AvgIpc) is 2.50. The molecule has 0 aliphatic heterocycles. The first-order valence-electron chi connectivity index (χ1n) is 6.63. The van der Waals surface area contributed by atoms with E-state index in [1.165, 1.54) is 18.5 Å². The Balaban J connectivity index is 2.01. The first kappa shape index (κ1) is 15.1. The van der Waals surface area contributed by atoms with Crippen LogP contribution in [0.25, 0.3) is 10.9 Å². The van der Waals surface area contributed by atoms with E-state index in [-0.39, 0.29) is 12.2 Å². The summed E-state index contributed by atoms with van der Waals surface area (Å²) in [6.07, 6.45) is 2.18. The number of anilines is 1. The molecule has 3 N–H and O–H groups in total. The molecule has 112 valence electrons. The number of carbonyl (C=O) groups is 1. The summed E-state index contributed by atoms with van der Waals surface area (Å²) in [4.78, 5) is 19.2. The number of aliphatic hydroxyl groups is 1. The second-order valence-electron chi connectivity index (χ2n) is 4.38. The van der Waals surface area contributed by atoms with Crippen LogP contribution in [0.15, 0.2) is 24.5 Å². The maximum atomic E-state index is 10.9. The molecule has 1 heterocycles. The Kier molecular flexibility index (Phi) is 5.42. The van der Waals surface area contributed by atoms with Gasteiger partial charge in [-0.25, -0.2) is 14.8 Å². The predicted molar refractivity (Wildman–Crippen MR) is 77.5 cm³/mol. The van der Waals surface area contributed by atoms with E-state index in [0.717, 1.165) is 11.8 Å². The van der Waals surface area contributed by atoms with Crippen molar-refractivity contribution >= 4 is 22.7 Å². The molecule has 2 aromatic rings. The van der Waals surface area contributed by atoms with Crippen molar-refractivity contribution in [2.24, 2.45) is 0 Å². The van der Waals surface area contributed by atoms with Crippen LogP contribution in [0.3, 0.4) is 0 Å². The van der Waals surface area contributed by atoms with Gasteiger partial charge >= 0.3 is 5.97 Å². The van der Waals surface area contributed by atoms with Crippen molar-refractivity contribution in [1.82, 2.24) is 9.97 Å². The molecular formula is C14H17N3O4. The quantitative estimate of drug-likeness (QED) is 0.626. The molecule has 0 bridgehead atoms. The highest BCUT2D eigenvalue weighted by Gasteiger charge is 2.07. The number of benzene rings is 1. The molecule has 0 spiro atoms. The summed E-state index contributed by atoms with van der Waals surface area (Å²) in [5, 5.41) is 21.5. The summed E-state index contributed by atoms with van der Waals surface area (Å²) in [6.45, 7) is 1.59. The zero-order valence-electron chi connectivity index (χ0n) is 11.5. The number of nitrogens with one attached hydrogen (secondary N) is 1. The Hall–Kier alpha value is -2.25. The number of aliphatic hydroxyl groups excluding tert-OH is 1. The average molecular weight is 291 g/mol. The van der Waals surface area contributed by atoms with Crippen LogP contribution in [0, 0.1) is 0 Å². The van der Waals surface area contributed by atoms with Gasteiger partial charge < -0.3 is 20.3 Å². The molecule has 0 aliphatic rings. The maximum absolute atomic E-state index is 10.9. The Bertz CT molecular complexity index is 618. The molecule has 0 fully saturated rings. The number of fused-ring (bicyclic) bond motifs is 1. The topological polar surface area (TPSA) is 105 Å². The van der Waals surface area contributed by atoms with E-state index in [9.17, 15) is 4.79 Å². The van der Waals surface area contributed by atoms with Crippen molar-refractivity contribution < 1.29 is 19.7 Å². The minimum Gasteiger partial charge on any atom is -0.478 e. The van der Waals surface area contributed by atoms with Crippen molar-refractivity contribution in [2.45, 2.75) is 6.42 Å². The van der Waals surface area contributed by atoms with Gasteiger partial charge in [-0.15, -0.1) is 0 Å². The van der Waals surface area contributed by atoms with E-state index in [1.54, 1.807) is 6.07 Å². The second kappa shape index (κ2) is 7.51. The third kappa shape index (κ3) is 4.11. The van der Waals surface area contributed by atoms with E-state index in [2.05, 4.69) is 15.3 Å². The first-order valence-corrected chi connectivity index (χ1v) is 6.63. The van der Waals surface area contributed by atoms with Crippen molar-refractivity contribution in [2.75, 3.05) is 31.7 Å². The molecule has 21 heavy (non-hydrogen) atoms. The summed E-state index contributed by atoms with van der Waals surface area (Å²) in [7, 11) is 0. The highest BCUT2D eigenvalue weighted by atomic mass is 16.5. The van der Waals surface area contributed by atoms with E-state index in [1.807, 2.05) is 0 Å². The molecule has 0 aliphatic carbocycles. The van der Waals surface area contributed by atoms with E-state index in [0.29, 0.717) is 31.1 Å². The van der Waals surface area contributed by atoms with Gasteiger partial charge in [-0.05, 0) is 24.6 Å². The van der Waals surface area contributed by atoms with Gasteiger partial charge in [0, 0.05) is 18.5 Å². The van der Waals surface area contributed by atoms with Crippen LogP contribution in [-0.4, -0.2) is 52.5 Å². The summed E-state index contributed by atoms with van der Waals surface area (Å²) in [5.41, 5.74) is 0.786. The number of hydrogen-bond acceptors (Lipinski definition) is 6. The molecule has 2 rings (SSSR count). The van der Waals surface area contributed by atoms with Crippen LogP contribution >= 0.6 is 0 Å². The monoisotopic (exact) mass is 291 g/mol. The number of aromatic carboxylic acids is 1. The van der Waals surface area contributed by atoms with Gasteiger partial charge in [0.25, 0.3) is 0 Å². The Morgan fingerprint density at radius 1 is 1.29 bits per heavy atom. The van der Waals surface area contributed by atoms with Gasteiger partial charge in [-0.2, -0.15) is 0 Å². The molecule has 1 aromatic heterocycles. The number of nitrogens with zero attached hydrogens (tertiary/aromatic N) is 2. The van der Waals surface area contributed by atoms with Crippen LogP contribution in [-0.2, 0) is 4.74 Å². The van der Waals surface area contributed by atoms with Crippen molar-refractivity contribution in [1.29, 1.82) is 0 Å². The molecule has 0 atom stereocenters. The Morgan fingerprint density at radius 3 is 2.90 bits per heavy atom. The highest BCUT2D eigenvalue weighted by molar-refractivity contribution is 5.96. The summed E-state index contributed by atoms with van der Waals surface area (Å²) >= 11 is 0. The molecule has 1 aromatic carbocycles. The van der Waals surface area contributed by atoms with Crippen molar-refractivity contribution in [3.63, 3.8) is 0 Å². The normalized spacial score (nSPS) is 10.7. The second-order valence-corrected chi connectivity index (χ2v) is 4.38. The Labute approximate surface area is 121 Å². The lowest BCUT2D eigenvalue weighted by Crippen LogP contribution is -2.09. The van der Waals surface area contributed by atoms with Gasteiger partial charge in [0.05, 0.1) is 24.3 Å². The molecule has 7 heteroatoms. The standard InChI is InChI=1S/C14H17N3O4/c18-5-7-21-6-1-4-15-13-11-3-2-10(14(19)20)8-12(11)16-9-17-13/h2-3,8-9,18H,1,4-7H2,(H,19,20)(H,15,16,17). The zero-order chi connectivity index (χ0) is 15.1. The maximum Gasteiger partial charge on any atom is 0.335 e. The van der Waals surface area contributed by atoms with Gasteiger partial charge in [0.15, 0.2) is 0 Å². The van der Waals surface area contributed by atoms with Crippen LogP contribution in [0.5, 0.6) is 0 Å². The van der Waals surface area contributed by atoms with Crippen LogP contribution < -0.4 is 5.32 Å². The largest absolute Gasteiger partial charge is 0.478 e. The van der Waals surface area contributed by atoms with Gasteiger partial charge in [-0.1, -0.05) is 0 Å². The van der Waals surface area contributed by atoms with Gasteiger partial charge in [0.2, 0.25) is 0 Å². The minimum atomic E-state index is -0.981. The molecule has 0 radical (unpaired) electrons. The summed E-state index contributed by atoms with van der Waals surface area (Å²) in [5.74, 6) is -0.315. The molecule has 0 saturated heterocycles. The van der Waals surface area contributed by atoms with E-state index in [4.69, 9.17) is 14.9 Å². The lowest BCUT2D eigenvalue weighted by atomic mass is 10.1.